The van der Waals surface area contributed by atoms with Crippen molar-refractivity contribution in [3.63, 3.8) is 0 Å². The molecule has 5 heteroatoms. The number of aryl methyl sites for hydroxylation is 1. The maximum Gasteiger partial charge on any atom is 0.337 e. The number of carboxylic acid groups (broad SMARTS) is 1. The monoisotopic (exact) mass is 248 g/mol. The highest BCUT2D eigenvalue weighted by atomic mass is 32.1. The van der Waals surface area contributed by atoms with E-state index in [0.717, 1.165) is 17.1 Å². The van der Waals surface area contributed by atoms with Crippen LogP contribution in [0, 0.1) is 0 Å². The number of hydrogen-bond acceptors (Lipinski definition) is 3. The van der Waals surface area contributed by atoms with Crippen molar-refractivity contribution < 1.29 is 9.90 Å². The van der Waals surface area contributed by atoms with Crippen LogP contribution in [-0.2, 0) is 11.3 Å². The molecule has 0 saturated carbocycles. The van der Waals surface area contributed by atoms with Gasteiger partial charge in [0, 0.05) is 11.4 Å². The normalized spacial score (nSPS) is 11.7. The molecule has 0 saturated heterocycles. The number of rotatable bonds is 4. The largest absolute Gasteiger partial charge is 0.478 e. The lowest BCUT2D eigenvalue weighted by Gasteiger charge is -2.02. The molecule has 17 heavy (non-hydrogen) atoms. The van der Waals surface area contributed by atoms with Crippen LogP contribution in [-0.4, -0.2) is 20.6 Å². The first-order chi connectivity index (χ1) is 8.22. The molecular formula is C12H12N2O2S. The smallest absolute Gasteiger partial charge is 0.337 e. The summed E-state index contributed by atoms with van der Waals surface area (Å²) in [5.74, 6) is -0.920. The molecule has 2 aromatic rings. The van der Waals surface area contributed by atoms with Gasteiger partial charge in [-0.3, -0.25) is 0 Å². The van der Waals surface area contributed by atoms with E-state index in [1.807, 2.05) is 22.9 Å². The van der Waals surface area contributed by atoms with Crippen molar-refractivity contribution in [3.8, 4) is 0 Å². The first kappa shape index (κ1) is 11.6. The zero-order valence-electron chi connectivity index (χ0n) is 9.33. The van der Waals surface area contributed by atoms with Gasteiger partial charge < -0.3 is 9.67 Å². The third-order valence-corrected chi connectivity index (χ3v) is 3.30. The van der Waals surface area contributed by atoms with E-state index >= 15 is 0 Å². The van der Waals surface area contributed by atoms with Crippen LogP contribution in [0.1, 0.15) is 17.5 Å². The molecule has 0 unspecified atom stereocenters. The van der Waals surface area contributed by atoms with Crippen molar-refractivity contribution >= 4 is 29.0 Å². The van der Waals surface area contributed by atoms with Crippen molar-refractivity contribution in [2.75, 3.05) is 0 Å². The molecular weight excluding hydrogens is 236 g/mol. The van der Waals surface area contributed by atoms with Crippen molar-refractivity contribution in [1.29, 1.82) is 0 Å². The molecule has 0 spiro atoms. The number of aliphatic carboxylic acids is 1. The predicted octanol–water partition coefficient (Wildman–Crippen LogP) is 2.59. The summed E-state index contributed by atoms with van der Waals surface area (Å²) >= 11 is 1.42. The van der Waals surface area contributed by atoms with Gasteiger partial charge in [-0.25, -0.2) is 9.78 Å². The predicted molar refractivity (Wildman–Crippen MR) is 67.7 cm³/mol. The average Bonchev–Trinajstić information content (AvgIpc) is 2.96. The lowest BCUT2D eigenvalue weighted by molar-refractivity contribution is -0.130. The molecule has 0 aliphatic carbocycles. The van der Waals surface area contributed by atoms with Gasteiger partial charge in [-0.05, 0) is 24.4 Å². The molecule has 4 nitrogen and oxygen atoms in total. The Morgan fingerprint density at radius 3 is 3.06 bits per heavy atom. The number of carbonyl (C=O) groups is 1. The van der Waals surface area contributed by atoms with Gasteiger partial charge in [0.05, 0.1) is 23.8 Å². The fraction of sp³-hybridized carbons (Fsp3) is 0.167. The van der Waals surface area contributed by atoms with Gasteiger partial charge >= 0.3 is 5.97 Å². The van der Waals surface area contributed by atoms with Crippen LogP contribution < -0.4 is 0 Å². The molecule has 2 rings (SSSR count). The first-order valence-corrected chi connectivity index (χ1v) is 6.09. The maximum absolute atomic E-state index is 11.2. The van der Waals surface area contributed by atoms with Crippen LogP contribution in [0.2, 0.25) is 0 Å². The highest BCUT2D eigenvalue weighted by Gasteiger charge is 2.12. The topological polar surface area (TPSA) is 55.1 Å². The van der Waals surface area contributed by atoms with Crippen LogP contribution in [0.3, 0.4) is 0 Å². The molecule has 0 radical (unpaired) electrons. The van der Waals surface area contributed by atoms with E-state index in [1.54, 1.807) is 24.7 Å². The van der Waals surface area contributed by atoms with Gasteiger partial charge in [-0.2, -0.15) is 0 Å². The summed E-state index contributed by atoms with van der Waals surface area (Å²) in [6.07, 6.45) is 5.02. The van der Waals surface area contributed by atoms with E-state index in [2.05, 4.69) is 4.98 Å². The van der Waals surface area contributed by atoms with Crippen molar-refractivity contribution in [2.45, 2.75) is 13.5 Å². The van der Waals surface area contributed by atoms with Crippen LogP contribution >= 0.6 is 11.3 Å². The molecule has 0 bridgehead atoms. The lowest BCUT2D eigenvalue weighted by Crippen LogP contribution is -2.00. The highest BCUT2D eigenvalue weighted by Crippen LogP contribution is 2.23. The Labute approximate surface area is 103 Å². The molecule has 88 valence electrons. The number of hydrogen-bond donors (Lipinski definition) is 1. The molecule has 2 aromatic heterocycles. The second-order valence-electron chi connectivity index (χ2n) is 3.44. The van der Waals surface area contributed by atoms with Gasteiger partial charge in [-0.15, -0.1) is 11.3 Å². The van der Waals surface area contributed by atoms with E-state index in [1.165, 1.54) is 11.3 Å². The summed E-state index contributed by atoms with van der Waals surface area (Å²) in [5, 5.41) is 11.1. The summed E-state index contributed by atoms with van der Waals surface area (Å²) in [7, 11) is 0. The third-order valence-electron chi connectivity index (χ3n) is 2.39. The molecule has 0 atom stereocenters. The Hall–Kier alpha value is -1.88. The molecule has 0 amide bonds. The Bertz CT molecular complexity index is 541. The molecule has 0 aliphatic heterocycles. The highest BCUT2D eigenvalue weighted by molar-refractivity contribution is 7.11. The van der Waals surface area contributed by atoms with E-state index in [-0.39, 0.29) is 0 Å². The molecule has 0 aliphatic rings. The van der Waals surface area contributed by atoms with Crippen molar-refractivity contribution in [2.24, 2.45) is 0 Å². The molecule has 2 heterocycles. The van der Waals surface area contributed by atoms with Gasteiger partial charge in [-0.1, -0.05) is 6.07 Å². The minimum Gasteiger partial charge on any atom is -0.478 e. The Morgan fingerprint density at radius 1 is 1.65 bits per heavy atom. The third kappa shape index (κ3) is 2.45. The maximum atomic E-state index is 11.2. The number of imidazole rings is 1. The minimum atomic E-state index is -0.920. The van der Waals surface area contributed by atoms with Gasteiger partial charge in [0.15, 0.2) is 0 Å². The van der Waals surface area contributed by atoms with Crippen LogP contribution in [0.5, 0.6) is 0 Å². The molecule has 0 fully saturated rings. The zero-order valence-corrected chi connectivity index (χ0v) is 10.1. The Morgan fingerprint density at radius 2 is 2.47 bits per heavy atom. The second-order valence-corrected chi connectivity index (χ2v) is 4.39. The zero-order chi connectivity index (χ0) is 12.3. The van der Waals surface area contributed by atoms with Crippen LogP contribution in [0.4, 0.5) is 0 Å². The Balaban J connectivity index is 2.44. The van der Waals surface area contributed by atoms with Gasteiger partial charge in [0.25, 0.3) is 0 Å². The van der Waals surface area contributed by atoms with Crippen LogP contribution in [0.25, 0.3) is 11.6 Å². The fourth-order valence-corrected chi connectivity index (χ4v) is 2.27. The number of thiophene rings is 1. The van der Waals surface area contributed by atoms with Crippen LogP contribution in [0.15, 0.2) is 30.0 Å². The number of nitrogens with zero attached hydrogens (tertiary/aromatic N) is 2. The number of aromatic nitrogens is 2. The summed E-state index contributed by atoms with van der Waals surface area (Å²) in [6, 6.07) is 3.64. The van der Waals surface area contributed by atoms with E-state index in [4.69, 9.17) is 0 Å². The number of carboxylic acids is 1. The van der Waals surface area contributed by atoms with Gasteiger partial charge in [0.1, 0.15) is 0 Å². The minimum absolute atomic E-state index is 0.301. The SMILES string of the molecule is CCn1cncc1C=C(C(=O)O)c1cccs1. The average molecular weight is 248 g/mol. The van der Waals surface area contributed by atoms with E-state index in [9.17, 15) is 9.90 Å². The second kappa shape index (κ2) is 4.97. The van der Waals surface area contributed by atoms with Crippen molar-refractivity contribution in [1.82, 2.24) is 9.55 Å². The summed E-state index contributed by atoms with van der Waals surface area (Å²) in [4.78, 5) is 16.0. The summed E-state index contributed by atoms with van der Waals surface area (Å²) in [5.41, 5.74) is 1.11. The molecule has 0 aromatic carbocycles. The summed E-state index contributed by atoms with van der Waals surface area (Å²) < 4.78 is 1.90. The quantitative estimate of drug-likeness (QED) is 0.846. The molecule has 1 N–H and O–H groups in total. The van der Waals surface area contributed by atoms with Gasteiger partial charge in [0.2, 0.25) is 0 Å². The summed E-state index contributed by atoms with van der Waals surface area (Å²) in [6.45, 7) is 2.76. The van der Waals surface area contributed by atoms with E-state index in [0.29, 0.717) is 5.57 Å². The Kier molecular flexibility index (Phi) is 3.39. The first-order valence-electron chi connectivity index (χ1n) is 5.21. The lowest BCUT2D eigenvalue weighted by atomic mass is 10.2. The van der Waals surface area contributed by atoms with Crippen molar-refractivity contribution in [3.05, 3.63) is 40.6 Å². The standard InChI is InChI=1S/C12H12N2O2S/c1-2-14-8-13-7-9(14)6-10(12(15)16)11-4-3-5-17-11/h3-8H,2H2,1H3,(H,15,16). The fourth-order valence-electron chi connectivity index (χ4n) is 1.53. The van der Waals surface area contributed by atoms with E-state index < -0.39 is 5.97 Å².